The van der Waals surface area contributed by atoms with Crippen LogP contribution in [0.3, 0.4) is 0 Å². The van der Waals surface area contributed by atoms with E-state index in [1.807, 2.05) is 11.3 Å². The highest BCUT2D eigenvalue weighted by atomic mass is 32.1. The highest BCUT2D eigenvalue weighted by Gasteiger charge is 2.02. The van der Waals surface area contributed by atoms with Crippen LogP contribution in [0.5, 0.6) is 0 Å². The minimum absolute atomic E-state index is 1.32. The van der Waals surface area contributed by atoms with Gasteiger partial charge in [0, 0.05) is 4.70 Å². The minimum atomic E-state index is 1.32. The average Bonchev–Trinajstić information content (AvgIpc) is 2.83. The van der Waals surface area contributed by atoms with E-state index >= 15 is 0 Å². The zero-order valence-electron chi connectivity index (χ0n) is 9.18. The van der Waals surface area contributed by atoms with Gasteiger partial charge in [-0.2, -0.15) is 0 Å². The van der Waals surface area contributed by atoms with E-state index in [1.165, 1.54) is 31.6 Å². The Balaban J connectivity index is 2.30. The monoisotopic (exact) mass is 234 g/mol. The van der Waals surface area contributed by atoms with Gasteiger partial charge in [-0.3, -0.25) is 0 Å². The number of hydrogen-bond acceptors (Lipinski definition) is 1. The molecule has 1 aromatic heterocycles. The van der Waals surface area contributed by atoms with E-state index in [4.69, 9.17) is 0 Å². The molecule has 17 heavy (non-hydrogen) atoms. The van der Waals surface area contributed by atoms with Gasteiger partial charge in [-0.05, 0) is 50.5 Å². The van der Waals surface area contributed by atoms with E-state index < -0.39 is 0 Å². The van der Waals surface area contributed by atoms with Crippen molar-refractivity contribution in [3.63, 3.8) is 0 Å². The molecule has 0 nitrogen and oxygen atoms in total. The van der Waals surface area contributed by atoms with Crippen molar-refractivity contribution < 1.29 is 0 Å². The summed E-state index contributed by atoms with van der Waals surface area (Å²) in [7, 11) is 0. The molecule has 0 saturated heterocycles. The third kappa shape index (κ3) is 1.29. The fraction of sp³-hybridized carbons (Fsp3) is 0. The molecule has 4 rings (SSSR count). The first-order valence-electron chi connectivity index (χ1n) is 5.70. The summed E-state index contributed by atoms with van der Waals surface area (Å²) in [6, 6.07) is 19.8. The normalized spacial score (nSPS) is 11.5. The van der Waals surface area contributed by atoms with Crippen molar-refractivity contribution in [1.82, 2.24) is 0 Å². The summed E-state index contributed by atoms with van der Waals surface area (Å²) in [5.74, 6) is 0. The molecule has 0 saturated carbocycles. The van der Waals surface area contributed by atoms with Crippen molar-refractivity contribution in [2.24, 2.45) is 0 Å². The molecule has 1 heteroatoms. The summed E-state index contributed by atoms with van der Waals surface area (Å²) in [5.41, 5.74) is 0. The van der Waals surface area contributed by atoms with E-state index in [0.717, 1.165) is 0 Å². The van der Waals surface area contributed by atoms with Gasteiger partial charge in [0.2, 0.25) is 0 Å². The van der Waals surface area contributed by atoms with E-state index in [-0.39, 0.29) is 0 Å². The third-order valence-corrected chi connectivity index (χ3v) is 4.20. The Hall–Kier alpha value is -1.86. The Bertz CT molecular complexity index is 840. The van der Waals surface area contributed by atoms with Crippen molar-refractivity contribution in [3.8, 4) is 0 Å². The Morgan fingerprint density at radius 2 is 1.53 bits per heavy atom. The lowest BCUT2D eigenvalue weighted by atomic mass is 10.0. The smallest absolute Gasteiger partial charge is 0.0349 e. The van der Waals surface area contributed by atoms with E-state index in [9.17, 15) is 0 Å². The van der Waals surface area contributed by atoms with Gasteiger partial charge in [0.25, 0.3) is 0 Å². The predicted molar refractivity (Wildman–Crippen MR) is 76.8 cm³/mol. The van der Waals surface area contributed by atoms with Gasteiger partial charge in [-0.25, -0.2) is 0 Å². The van der Waals surface area contributed by atoms with E-state index in [1.54, 1.807) is 0 Å². The SMILES string of the molecule is c1ccc2c(c1)ccc1cc3ccsc3cc12. The molecule has 0 aliphatic rings. The largest absolute Gasteiger partial charge is 0.144 e. The Kier molecular flexibility index (Phi) is 1.79. The van der Waals surface area contributed by atoms with Crippen LogP contribution in [-0.4, -0.2) is 0 Å². The van der Waals surface area contributed by atoms with Crippen LogP contribution in [0.25, 0.3) is 31.6 Å². The predicted octanol–water partition coefficient (Wildman–Crippen LogP) is 5.21. The lowest BCUT2D eigenvalue weighted by molar-refractivity contribution is 1.80. The first-order chi connectivity index (χ1) is 8.42. The molecule has 0 amide bonds. The van der Waals surface area contributed by atoms with Gasteiger partial charge in [0.15, 0.2) is 0 Å². The average molecular weight is 234 g/mol. The van der Waals surface area contributed by atoms with Crippen molar-refractivity contribution in [3.05, 3.63) is 60.0 Å². The highest BCUT2D eigenvalue weighted by molar-refractivity contribution is 7.17. The molecule has 0 bridgehead atoms. The molecule has 0 atom stereocenters. The number of thiophene rings is 1. The number of benzene rings is 3. The first-order valence-corrected chi connectivity index (χ1v) is 6.58. The molecule has 80 valence electrons. The summed E-state index contributed by atoms with van der Waals surface area (Å²) in [6.45, 7) is 0. The van der Waals surface area contributed by atoms with Gasteiger partial charge in [0.05, 0.1) is 0 Å². The van der Waals surface area contributed by atoms with Crippen LogP contribution >= 0.6 is 11.3 Å². The molecule has 0 aliphatic heterocycles. The van der Waals surface area contributed by atoms with Crippen LogP contribution in [0.1, 0.15) is 0 Å². The Labute approximate surface area is 103 Å². The van der Waals surface area contributed by atoms with Crippen LogP contribution in [0, 0.1) is 0 Å². The van der Waals surface area contributed by atoms with Crippen LogP contribution in [-0.2, 0) is 0 Å². The molecular weight excluding hydrogens is 224 g/mol. The maximum absolute atomic E-state index is 2.32. The summed E-state index contributed by atoms with van der Waals surface area (Å²) in [4.78, 5) is 0. The standard InChI is InChI=1S/C16H10S/c1-2-4-14-11(3-1)5-6-12-9-13-7-8-17-16(13)10-15(12)14/h1-10H. The van der Waals surface area contributed by atoms with Crippen LogP contribution < -0.4 is 0 Å². The van der Waals surface area contributed by atoms with Gasteiger partial charge in [-0.15, -0.1) is 11.3 Å². The van der Waals surface area contributed by atoms with Gasteiger partial charge in [0.1, 0.15) is 0 Å². The molecule has 0 aliphatic carbocycles. The quantitative estimate of drug-likeness (QED) is 0.366. The molecule has 4 aromatic rings. The lowest BCUT2D eigenvalue weighted by Gasteiger charge is -2.04. The number of rotatable bonds is 0. The first kappa shape index (κ1) is 9.20. The zero-order chi connectivity index (χ0) is 11.2. The van der Waals surface area contributed by atoms with E-state index in [0.29, 0.717) is 0 Å². The fourth-order valence-corrected chi connectivity index (χ4v) is 3.28. The zero-order valence-corrected chi connectivity index (χ0v) is 10.00. The third-order valence-electron chi connectivity index (χ3n) is 3.32. The maximum Gasteiger partial charge on any atom is 0.0349 e. The summed E-state index contributed by atoms with van der Waals surface area (Å²) < 4.78 is 1.37. The maximum atomic E-state index is 2.32. The van der Waals surface area contributed by atoms with Gasteiger partial charge in [-0.1, -0.05) is 36.4 Å². The lowest BCUT2D eigenvalue weighted by Crippen LogP contribution is -1.76. The molecule has 0 radical (unpaired) electrons. The second kappa shape index (κ2) is 3.31. The molecule has 3 aromatic carbocycles. The van der Waals surface area contributed by atoms with Crippen LogP contribution in [0.15, 0.2) is 60.0 Å². The molecule has 0 N–H and O–H groups in total. The number of hydrogen-bond donors (Lipinski definition) is 0. The fourth-order valence-electron chi connectivity index (χ4n) is 2.47. The molecule has 0 fully saturated rings. The summed E-state index contributed by atoms with van der Waals surface area (Å²) >= 11 is 1.81. The van der Waals surface area contributed by atoms with Crippen LogP contribution in [0.4, 0.5) is 0 Å². The molecule has 0 spiro atoms. The second-order valence-electron chi connectivity index (χ2n) is 4.32. The van der Waals surface area contributed by atoms with Gasteiger partial charge >= 0.3 is 0 Å². The summed E-state index contributed by atoms with van der Waals surface area (Å²) in [5, 5.41) is 8.85. The van der Waals surface area contributed by atoms with Crippen LogP contribution in [0.2, 0.25) is 0 Å². The Morgan fingerprint density at radius 3 is 2.53 bits per heavy atom. The minimum Gasteiger partial charge on any atom is -0.144 e. The van der Waals surface area contributed by atoms with Crippen molar-refractivity contribution in [2.45, 2.75) is 0 Å². The Morgan fingerprint density at radius 1 is 0.647 bits per heavy atom. The topological polar surface area (TPSA) is 0 Å². The molecule has 0 unspecified atom stereocenters. The summed E-state index contributed by atoms with van der Waals surface area (Å²) in [6.07, 6.45) is 0. The van der Waals surface area contributed by atoms with Crippen molar-refractivity contribution >= 4 is 43.0 Å². The second-order valence-corrected chi connectivity index (χ2v) is 5.27. The number of fused-ring (bicyclic) bond motifs is 4. The highest BCUT2D eigenvalue weighted by Crippen LogP contribution is 2.31. The van der Waals surface area contributed by atoms with Gasteiger partial charge < -0.3 is 0 Å². The van der Waals surface area contributed by atoms with Crippen molar-refractivity contribution in [1.29, 1.82) is 0 Å². The van der Waals surface area contributed by atoms with Crippen molar-refractivity contribution in [2.75, 3.05) is 0 Å². The van der Waals surface area contributed by atoms with E-state index in [2.05, 4.69) is 60.0 Å². The molecule has 1 heterocycles. The molecular formula is C16H10S.